The molecule has 3 N–H and O–H groups in total. The molecule has 1 heterocycles. The number of aryl methyl sites for hydroxylation is 1. The van der Waals surface area contributed by atoms with Crippen LogP contribution in [0, 0.1) is 6.92 Å². The van der Waals surface area contributed by atoms with Crippen molar-refractivity contribution in [3.05, 3.63) is 111 Å². The third kappa shape index (κ3) is 14.3. The van der Waals surface area contributed by atoms with Gasteiger partial charge in [0.2, 0.25) is 15.5 Å². The normalized spacial score (nSPS) is 10.8. The number of phenols is 1. The van der Waals surface area contributed by atoms with E-state index in [2.05, 4.69) is 0 Å². The second-order valence-corrected chi connectivity index (χ2v) is 15.9. The van der Waals surface area contributed by atoms with Crippen molar-refractivity contribution in [1.82, 2.24) is 0 Å². The van der Waals surface area contributed by atoms with E-state index in [4.69, 9.17) is 33.2 Å². The van der Waals surface area contributed by atoms with Gasteiger partial charge in [0.1, 0.15) is 39.6 Å². The molecule has 1 aromatic heterocycles. The van der Waals surface area contributed by atoms with Crippen LogP contribution in [0.15, 0.2) is 98.1 Å². The van der Waals surface area contributed by atoms with Gasteiger partial charge in [-0.05, 0) is 110 Å². The summed E-state index contributed by atoms with van der Waals surface area (Å²) in [7, 11) is -2.23. The van der Waals surface area contributed by atoms with Crippen LogP contribution in [-0.2, 0) is 22.9 Å². The highest BCUT2D eigenvalue weighted by molar-refractivity contribution is 7.89. The fraction of sp³-hybridized carbons (Fsp3) is 0.408. The van der Waals surface area contributed by atoms with Gasteiger partial charge in [-0.25, -0.2) is 13.6 Å². The van der Waals surface area contributed by atoms with Crippen molar-refractivity contribution in [1.29, 1.82) is 0 Å². The molecule has 5 aromatic rings. The summed E-state index contributed by atoms with van der Waals surface area (Å²) in [6, 6.07) is 17.2. The maximum atomic E-state index is 14.5. The molecule has 0 amide bonds. The van der Waals surface area contributed by atoms with Crippen LogP contribution in [0.3, 0.4) is 0 Å². The molecule has 0 saturated heterocycles. The van der Waals surface area contributed by atoms with Gasteiger partial charge < -0.3 is 33.2 Å². The van der Waals surface area contributed by atoms with Crippen molar-refractivity contribution in [2.24, 2.45) is 5.14 Å². The zero-order chi connectivity index (χ0) is 45.1. The number of methoxy groups -OCH3 is 1. The average molecular weight is 860 g/mol. The molecule has 0 saturated carbocycles. The first-order valence-electron chi connectivity index (χ1n) is 21.1. The van der Waals surface area contributed by atoms with Gasteiger partial charge in [-0.3, -0.25) is 4.79 Å². The number of unbranched alkanes of at least 4 members (excludes halogenated alkanes) is 2. The summed E-state index contributed by atoms with van der Waals surface area (Å²) < 4.78 is 59.5. The molecule has 0 unspecified atom stereocenters. The molecule has 0 aliphatic carbocycles. The van der Waals surface area contributed by atoms with Crippen molar-refractivity contribution in [3.8, 4) is 34.5 Å². The van der Waals surface area contributed by atoms with Crippen LogP contribution < -0.4 is 34.3 Å². The van der Waals surface area contributed by atoms with Crippen LogP contribution in [0.5, 0.6) is 34.5 Å². The summed E-state index contributed by atoms with van der Waals surface area (Å²) in [5, 5.41) is 17.3. The van der Waals surface area contributed by atoms with E-state index in [1.807, 2.05) is 98.7 Å². The number of aromatic hydroxyl groups is 1. The number of fused-ring (bicyclic) bond motifs is 2. The zero-order valence-corrected chi connectivity index (χ0v) is 38.4. The number of rotatable bonds is 20. The van der Waals surface area contributed by atoms with Gasteiger partial charge in [-0.1, -0.05) is 68.7 Å². The molecule has 61 heavy (non-hydrogen) atoms. The molecule has 0 radical (unpaired) electrons. The number of phenolic OH excluding ortho intramolecular Hbond substituents is 1. The molecule has 4 aromatic carbocycles. The SMILES string of the molecule is CC.CC.COc1c(OCCCCOc2ccc(C)cc2)cc2oc3cc(OCCCCOc4ccc(S(N)(=O)=O)cc4)c(CC=C(C)C)c(O)c3c(=O)c2c1CC=C(C)C. The summed E-state index contributed by atoms with van der Waals surface area (Å²) in [5.74, 6) is 2.45. The van der Waals surface area contributed by atoms with Crippen LogP contribution in [0.1, 0.15) is 97.8 Å². The third-order valence-corrected chi connectivity index (χ3v) is 10.2. The first-order chi connectivity index (χ1) is 29.3. The van der Waals surface area contributed by atoms with E-state index in [0.717, 1.165) is 29.7 Å². The Hall–Kier alpha value is -5.46. The fourth-order valence-electron chi connectivity index (χ4n) is 6.18. The Kier molecular flexibility index (Phi) is 20.2. The smallest absolute Gasteiger partial charge is 0.238 e. The van der Waals surface area contributed by atoms with E-state index in [1.54, 1.807) is 31.4 Å². The second kappa shape index (κ2) is 24.7. The van der Waals surface area contributed by atoms with Crippen molar-refractivity contribution in [2.45, 2.75) is 106 Å². The van der Waals surface area contributed by atoms with E-state index in [0.29, 0.717) is 97.2 Å². The van der Waals surface area contributed by atoms with Gasteiger partial charge >= 0.3 is 0 Å². The number of sulfonamides is 1. The number of benzene rings is 4. The highest BCUT2D eigenvalue weighted by atomic mass is 32.2. The van der Waals surface area contributed by atoms with Crippen molar-refractivity contribution in [2.75, 3.05) is 33.5 Å². The Morgan fingerprint density at radius 3 is 1.61 bits per heavy atom. The molecule has 12 heteroatoms. The summed E-state index contributed by atoms with van der Waals surface area (Å²) in [4.78, 5) is 14.5. The van der Waals surface area contributed by atoms with Gasteiger partial charge in [-0.2, -0.15) is 0 Å². The number of nitrogens with two attached hydrogens (primary N) is 1. The molecular formula is C49H65NO10S. The van der Waals surface area contributed by atoms with E-state index in [1.165, 1.54) is 17.7 Å². The molecule has 0 atom stereocenters. The first kappa shape index (κ1) is 49.9. The van der Waals surface area contributed by atoms with Gasteiger partial charge in [-0.15, -0.1) is 0 Å². The van der Waals surface area contributed by atoms with Crippen LogP contribution in [0.2, 0.25) is 0 Å². The lowest BCUT2D eigenvalue weighted by molar-refractivity contribution is 0.258. The third-order valence-electron chi connectivity index (χ3n) is 9.25. The van der Waals surface area contributed by atoms with Gasteiger partial charge in [0.25, 0.3) is 0 Å². The zero-order valence-electron chi connectivity index (χ0n) is 37.6. The van der Waals surface area contributed by atoms with Gasteiger partial charge in [0.05, 0.1) is 43.8 Å². The quantitative estimate of drug-likeness (QED) is 0.0438. The minimum absolute atomic E-state index is 0.0129. The maximum Gasteiger partial charge on any atom is 0.238 e. The molecular weight excluding hydrogens is 795 g/mol. The monoisotopic (exact) mass is 859 g/mol. The lowest BCUT2D eigenvalue weighted by Gasteiger charge is -2.18. The van der Waals surface area contributed by atoms with E-state index in [9.17, 15) is 18.3 Å². The Bertz CT molecular complexity index is 2390. The molecule has 0 aliphatic heterocycles. The average Bonchev–Trinajstić information content (AvgIpc) is 3.23. The number of ether oxygens (including phenoxy) is 5. The van der Waals surface area contributed by atoms with E-state index >= 15 is 0 Å². The molecule has 11 nitrogen and oxygen atoms in total. The topological polar surface area (TPSA) is 157 Å². The van der Waals surface area contributed by atoms with Crippen molar-refractivity contribution < 1.29 is 41.6 Å². The minimum atomic E-state index is -3.78. The fourth-order valence-corrected chi connectivity index (χ4v) is 6.70. The summed E-state index contributed by atoms with van der Waals surface area (Å²) in [5.41, 5.74) is 4.48. The van der Waals surface area contributed by atoms with Crippen molar-refractivity contribution in [3.63, 3.8) is 0 Å². The Morgan fingerprint density at radius 1 is 0.672 bits per heavy atom. The lowest BCUT2D eigenvalue weighted by atomic mass is 9.98. The predicted molar refractivity (Wildman–Crippen MR) is 247 cm³/mol. The largest absolute Gasteiger partial charge is 0.507 e. The molecule has 5 rings (SSSR count). The second-order valence-electron chi connectivity index (χ2n) is 14.4. The Labute approximate surface area is 362 Å². The minimum Gasteiger partial charge on any atom is -0.507 e. The number of hydrogen-bond acceptors (Lipinski definition) is 10. The summed E-state index contributed by atoms with van der Waals surface area (Å²) in [6.45, 7) is 19.5. The lowest BCUT2D eigenvalue weighted by Crippen LogP contribution is -2.11. The molecule has 0 bridgehead atoms. The molecule has 0 aliphatic rings. The Balaban J connectivity index is 0.00000241. The van der Waals surface area contributed by atoms with E-state index in [-0.39, 0.29) is 27.0 Å². The van der Waals surface area contributed by atoms with Gasteiger partial charge in [0.15, 0.2) is 11.5 Å². The molecule has 332 valence electrons. The standard InChI is InChI=1S/C45H53NO10S.2C2H6/c1-29(2)11-21-35-37(54-25-9-7-24-53-33-17-19-34(20-18-33)57(46,49)50)27-39-42(43(35)47)44(48)41-36(22-12-30(3)4)45(51-6)40(28-38(41)56-39)55-26-10-8-23-52-32-15-13-31(5)14-16-32;2*1-2/h11-20,27-28,47H,7-10,21-26H2,1-6H3,(H2,46,49,50);2*1-2H3. The Morgan fingerprint density at radius 2 is 1.11 bits per heavy atom. The summed E-state index contributed by atoms with van der Waals surface area (Å²) in [6.07, 6.45) is 7.45. The highest BCUT2D eigenvalue weighted by Gasteiger charge is 2.24. The molecule has 0 spiro atoms. The number of primary sulfonamides is 1. The van der Waals surface area contributed by atoms with Crippen LogP contribution >= 0.6 is 0 Å². The summed E-state index contributed by atoms with van der Waals surface area (Å²) >= 11 is 0. The van der Waals surface area contributed by atoms with Crippen LogP contribution in [0.4, 0.5) is 0 Å². The van der Waals surface area contributed by atoms with Crippen molar-refractivity contribution >= 4 is 32.0 Å². The maximum absolute atomic E-state index is 14.5. The number of hydrogen-bond donors (Lipinski definition) is 2. The van der Waals surface area contributed by atoms with E-state index < -0.39 is 10.0 Å². The number of allylic oxidation sites excluding steroid dienone is 4. The van der Waals surface area contributed by atoms with Crippen LogP contribution in [-0.4, -0.2) is 47.1 Å². The first-order valence-corrected chi connectivity index (χ1v) is 22.6. The predicted octanol–water partition coefficient (Wildman–Crippen LogP) is 11.2. The van der Waals surface area contributed by atoms with Gasteiger partial charge in [0, 0.05) is 23.3 Å². The highest BCUT2D eigenvalue weighted by Crippen LogP contribution is 2.42. The molecule has 0 fully saturated rings. The van der Waals surface area contributed by atoms with Crippen LogP contribution in [0.25, 0.3) is 21.9 Å².